The van der Waals surface area contributed by atoms with Gasteiger partial charge in [0.1, 0.15) is 6.33 Å². The van der Waals surface area contributed by atoms with Gasteiger partial charge in [0.05, 0.1) is 6.20 Å². The van der Waals surface area contributed by atoms with E-state index in [-0.39, 0.29) is 5.82 Å². The normalized spacial score (nSPS) is 15.9. The van der Waals surface area contributed by atoms with Crippen LogP contribution in [0.5, 0.6) is 0 Å². The molecule has 0 radical (unpaired) electrons. The largest absolute Gasteiger partial charge is 0.353 e. The molecule has 0 amide bonds. The maximum Gasteiger partial charge on any atom is 0.183 e. The molecule has 2 aromatic heterocycles. The minimum absolute atomic E-state index is 0.356. The fraction of sp³-hybridized carbons (Fsp3) is 0.364. The lowest BCUT2D eigenvalue weighted by Crippen LogP contribution is -2.49. The average molecular weight is 233 g/mol. The number of rotatable bonds is 3. The molecule has 3 heterocycles. The molecule has 0 N–H and O–H groups in total. The first-order valence-electron chi connectivity index (χ1n) is 5.51. The summed E-state index contributed by atoms with van der Waals surface area (Å²) in [6.07, 6.45) is 6.27. The molecule has 88 valence electrons. The molecule has 0 bridgehead atoms. The number of halogens is 1. The maximum absolute atomic E-state index is 13.4. The third kappa shape index (κ3) is 1.98. The van der Waals surface area contributed by atoms with E-state index in [9.17, 15) is 4.39 Å². The van der Waals surface area contributed by atoms with Gasteiger partial charge in [-0.1, -0.05) is 0 Å². The highest BCUT2D eigenvalue weighted by Crippen LogP contribution is 2.25. The van der Waals surface area contributed by atoms with Crippen molar-refractivity contribution in [2.75, 3.05) is 18.0 Å². The van der Waals surface area contributed by atoms with E-state index >= 15 is 0 Å². The van der Waals surface area contributed by atoms with E-state index in [2.05, 4.69) is 15.1 Å². The molecule has 0 saturated carbocycles. The number of anilines is 1. The molecule has 1 saturated heterocycles. The van der Waals surface area contributed by atoms with Gasteiger partial charge in [-0.05, 0) is 6.07 Å². The lowest BCUT2D eigenvalue weighted by atomic mass is 10.0. The maximum atomic E-state index is 13.4. The third-order valence-corrected chi connectivity index (χ3v) is 2.91. The second-order valence-corrected chi connectivity index (χ2v) is 4.19. The summed E-state index contributed by atoms with van der Waals surface area (Å²) in [4.78, 5) is 9.51. The Labute approximate surface area is 97.9 Å². The van der Waals surface area contributed by atoms with Crippen LogP contribution >= 0.6 is 0 Å². The van der Waals surface area contributed by atoms with Crippen molar-refractivity contribution >= 4 is 5.82 Å². The molecule has 1 aliphatic rings. The second-order valence-electron chi connectivity index (χ2n) is 4.19. The fourth-order valence-corrected chi connectivity index (χ4v) is 2.07. The van der Waals surface area contributed by atoms with Crippen LogP contribution in [0.2, 0.25) is 0 Å². The lowest BCUT2D eigenvalue weighted by molar-refractivity contribution is 0.337. The molecule has 6 heteroatoms. The van der Waals surface area contributed by atoms with Crippen LogP contribution in [0.4, 0.5) is 10.2 Å². The lowest BCUT2D eigenvalue weighted by Gasteiger charge is -2.40. The van der Waals surface area contributed by atoms with Gasteiger partial charge in [0.15, 0.2) is 11.6 Å². The summed E-state index contributed by atoms with van der Waals surface area (Å²) in [5.41, 5.74) is 0. The van der Waals surface area contributed by atoms with Crippen LogP contribution in [0.25, 0.3) is 0 Å². The van der Waals surface area contributed by atoms with Crippen LogP contribution in [-0.4, -0.2) is 32.8 Å². The van der Waals surface area contributed by atoms with Gasteiger partial charge < -0.3 is 4.90 Å². The summed E-state index contributed by atoms with van der Waals surface area (Å²) in [5.74, 6) is 0.547. The Morgan fingerprint density at radius 3 is 3.00 bits per heavy atom. The fourth-order valence-electron chi connectivity index (χ4n) is 2.07. The average Bonchev–Trinajstić information content (AvgIpc) is 2.77. The van der Waals surface area contributed by atoms with Crippen molar-refractivity contribution in [2.24, 2.45) is 5.92 Å². The molecule has 1 aliphatic heterocycles. The number of hydrogen-bond acceptors (Lipinski definition) is 4. The van der Waals surface area contributed by atoms with Crippen LogP contribution in [0.15, 0.2) is 31.0 Å². The van der Waals surface area contributed by atoms with Gasteiger partial charge in [-0.15, -0.1) is 0 Å². The van der Waals surface area contributed by atoms with Gasteiger partial charge >= 0.3 is 0 Å². The molecule has 2 aromatic rings. The van der Waals surface area contributed by atoms with Crippen LogP contribution in [0.1, 0.15) is 0 Å². The van der Waals surface area contributed by atoms with E-state index in [1.54, 1.807) is 6.20 Å². The van der Waals surface area contributed by atoms with Gasteiger partial charge in [0.2, 0.25) is 0 Å². The van der Waals surface area contributed by atoms with E-state index in [1.807, 2.05) is 21.8 Å². The van der Waals surface area contributed by atoms with Gasteiger partial charge in [-0.2, -0.15) is 5.10 Å². The molecule has 5 nitrogen and oxygen atoms in total. The van der Waals surface area contributed by atoms with Crippen molar-refractivity contribution in [1.82, 2.24) is 19.7 Å². The van der Waals surface area contributed by atoms with Gasteiger partial charge in [0.25, 0.3) is 0 Å². The molecule has 0 atom stereocenters. The quantitative estimate of drug-likeness (QED) is 0.791. The van der Waals surface area contributed by atoms with Gasteiger partial charge in [0, 0.05) is 37.9 Å². The number of nitrogens with zero attached hydrogens (tertiary/aromatic N) is 5. The molecular weight excluding hydrogens is 221 g/mol. The topological polar surface area (TPSA) is 46.8 Å². The first kappa shape index (κ1) is 10.2. The molecule has 0 aromatic carbocycles. The van der Waals surface area contributed by atoms with Crippen molar-refractivity contribution in [2.45, 2.75) is 6.54 Å². The molecule has 0 unspecified atom stereocenters. The van der Waals surface area contributed by atoms with Gasteiger partial charge in [-0.25, -0.2) is 14.4 Å². The summed E-state index contributed by atoms with van der Waals surface area (Å²) in [6.45, 7) is 2.50. The summed E-state index contributed by atoms with van der Waals surface area (Å²) in [6, 6.07) is 1.90. The number of hydrogen-bond donors (Lipinski definition) is 0. The Morgan fingerprint density at radius 1 is 1.41 bits per heavy atom. The van der Waals surface area contributed by atoms with Crippen molar-refractivity contribution in [3.05, 3.63) is 36.8 Å². The Kier molecular flexibility index (Phi) is 2.47. The van der Waals surface area contributed by atoms with E-state index in [0.29, 0.717) is 11.7 Å². The standard InChI is InChI=1S/C11H12FN5/c12-10-4-13-8-14-11(10)16-5-9(6-16)7-17-3-1-2-15-17/h1-4,8-9H,5-7H2. The predicted molar refractivity (Wildman–Crippen MR) is 59.9 cm³/mol. The summed E-state index contributed by atoms with van der Waals surface area (Å²) in [7, 11) is 0. The zero-order valence-corrected chi connectivity index (χ0v) is 9.20. The molecule has 3 rings (SSSR count). The second kappa shape index (κ2) is 4.12. The molecule has 0 spiro atoms. The Morgan fingerprint density at radius 2 is 2.29 bits per heavy atom. The van der Waals surface area contributed by atoms with E-state index < -0.39 is 0 Å². The summed E-state index contributed by atoms with van der Waals surface area (Å²) < 4.78 is 15.3. The van der Waals surface area contributed by atoms with Crippen LogP contribution in [0, 0.1) is 11.7 Å². The zero-order chi connectivity index (χ0) is 11.7. The molecule has 0 aliphatic carbocycles. The first-order valence-corrected chi connectivity index (χ1v) is 5.51. The monoisotopic (exact) mass is 233 g/mol. The van der Waals surface area contributed by atoms with Crippen LogP contribution < -0.4 is 4.90 Å². The zero-order valence-electron chi connectivity index (χ0n) is 9.20. The molecule has 1 fully saturated rings. The smallest absolute Gasteiger partial charge is 0.183 e. The highest BCUT2D eigenvalue weighted by Gasteiger charge is 2.29. The first-order chi connectivity index (χ1) is 8.33. The van der Waals surface area contributed by atoms with E-state index in [4.69, 9.17) is 0 Å². The predicted octanol–water partition coefficient (Wildman–Crippen LogP) is 0.949. The Hall–Kier alpha value is -1.98. The van der Waals surface area contributed by atoms with E-state index in [0.717, 1.165) is 19.6 Å². The SMILES string of the molecule is Fc1cncnc1N1CC(Cn2cccn2)C1. The Balaban J connectivity index is 1.60. The minimum Gasteiger partial charge on any atom is -0.353 e. The van der Waals surface area contributed by atoms with Crippen molar-refractivity contribution < 1.29 is 4.39 Å². The van der Waals surface area contributed by atoms with E-state index in [1.165, 1.54) is 12.5 Å². The highest BCUT2D eigenvalue weighted by atomic mass is 19.1. The summed E-state index contributed by atoms with van der Waals surface area (Å²) >= 11 is 0. The number of aromatic nitrogens is 4. The third-order valence-electron chi connectivity index (χ3n) is 2.91. The molecular formula is C11H12FN5. The summed E-state index contributed by atoms with van der Waals surface area (Å²) in [5, 5.41) is 4.15. The van der Waals surface area contributed by atoms with Crippen molar-refractivity contribution in [3.8, 4) is 0 Å². The highest BCUT2D eigenvalue weighted by molar-refractivity contribution is 5.41. The van der Waals surface area contributed by atoms with Crippen molar-refractivity contribution in [3.63, 3.8) is 0 Å². The van der Waals surface area contributed by atoms with Crippen LogP contribution in [-0.2, 0) is 6.54 Å². The van der Waals surface area contributed by atoms with Crippen LogP contribution in [0.3, 0.4) is 0 Å². The van der Waals surface area contributed by atoms with Crippen molar-refractivity contribution in [1.29, 1.82) is 0 Å². The Bertz CT molecular complexity index is 492. The van der Waals surface area contributed by atoms with Gasteiger partial charge in [-0.3, -0.25) is 4.68 Å². The minimum atomic E-state index is -0.356. The molecule has 17 heavy (non-hydrogen) atoms.